The summed E-state index contributed by atoms with van der Waals surface area (Å²) >= 11 is 0. The lowest BCUT2D eigenvalue weighted by atomic mass is 9.81. The number of nitrogens with zero attached hydrogens (tertiary/aromatic N) is 5. The maximum Gasteiger partial charge on any atom is 0.160 e. The minimum absolute atomic E-state index is 0.594. The molecule has 4 rings (SSSR count). The van der Waals surface area contributed by atoms with Gasteiger partial charge in [0.1, 0.15) is 6.33 Å². The third-order valence-electron chi connectivity index (χ3n) is 4.86. The van der Waals surface area contributed by atoms with Gasteiger partial charge in [-0.05, 0) is 36.0 Å². The van der Waals surface area contributed by atoms with E-state index in [-0.39, 0.29) is 0 Å². The fourth-order valence-electron chi connectivity index (χ4n) is 3.57. The Kier molecular flexibility index (Phi) is 3.99. The van der Waals surface area contributed by atoms with Crippen LogP contribution in [0.15, 0.2) is 61.2 Å². The summed E-state index contributed by atoms with van der Waals surface area (Å²) in [5, 5.41) is 8.75. The number of anilines is 1. The Morgan fingerprint density at radius 1 is 1.00 bits per heavy atom. The first kappa shape index (κ1) is 14.9. The molecule has 122 valence electrons. The van der Waals surface area contributed by atoms with Gasteiger partial charge in [0.05, 0.1) is 0 Å². The van der Waals surface area contributed by atoms with Crippen molar-refractivity contribution in [3.63, 3.8) is 0 Å². The molecule has 3 aromatic rings. The van der Waals surface area contributed by atoms with Crippen molar-refractivity contribution in [2.75, 3.05) is 18.0 Å². The molecule has 2 unspecified atom stereocenters. The second-order valence-electron chi connectivity index (χ2n) is 6.45. The van der Waals surface area contributed by atoms with Crippen LogP contribution in [0.5, 0.6) is 0 Å². The van der Waals surface area contributed by atoms with Crippen molar-refractivity contribution >= 4 is 5.82 Å². The van der Waals surface area contributed by atoms with Crippen molar-refractivity contribution in [2.24, 2.45) is 5.92 Å². The van der Waals surface area contributed by atoms with Crippen LogP contribution in [0.3, 0.4) is 0 Å². The first-order valence-electron chi connectivity index (χ1n) is 8.43. The van der Waals surface area contributed by atoms with Crippen LogP contribution in [-0.4, -0.2) is 32.8 Å². The SMILES string of the molecule is CC1CN(c2ccc(-n3ccnc3)nn2)CCC1c1ccccc1. The monoisotopic (exact) mass is 319 g/mol. The molecule has 0 radical (unpaired) electrons. The fourth-order valence-corrected chi connectivity index (χ4v) is 3.57. The average Bonchev–Trinajstić information content (AvgIpc) is 3.17. The summed E-state index contributed by atoms with van der Waals surface area (Å²) in [7, 11) is 0. The van der Waals surface area contributed by atoms with Crippen molar-refractivity contribution in [1.82, 2.24) is 19.7 Å². The number of piperidine rings is 1. The number of imidazole rings is 1. The summed E-state index contributed by atoms with van der Waals surface area (Å²) < 4.78 is 1.86. The summed E-state index contributed by atoms with van der Waals surface area (Å²) in [6.45, 7) is 4.36. The second kappa shape index (κ2) is 6.43. The second-order valence-corrected chi connectivity index (χ2v) is 6.45. The molecule has 0 saturated carbocycles. The predicted octanol–water partition coefficient (Wildman–Crippen LogP) is 3.29. The van der Waals surface area contributed by atoms with Crippen LogP contribution in [0.25, 0.3) is 5.82 Å². The Bertz CT molecular complexity index is 767. The first-order chi connectivity index (χ1) is 11.8. The first-order valence-corrected chi connectivity index (χ1v) is 8.43. The Morgan fingerprint density at radius 2 is 1.79 bits per heavy atom. The summed E-state index contributed by atoms with van der Waals surface area (Å²) in [6, 6.07) is 14.9. The molecule has 3 heterocycles. The summed E-state index contributed by atoms with van der Waals surface area (Å²) in [6.07, 6.45) is 6.50. The van der Waals surface area contributed by atoms with Gasteiger partial charge in [0.25, 0.3) is 0 Å². The van der Waals surface area contributed by atoms with Gasteiger partial charge < -0.3 is 4.90 Å². The Labute approximate surface area is 142 Å². The molecule has 2 atom stereocenters. The molecule has 5 heteroatoms. The number of hydrogen-bond acceptors (Lipinski definition) is 4. The normalized spacial score (nSPS) is 21.0. The van der Waals surface area contributed by atoms with Gasteiger partial charge in [-0.3, -0.25) is 4.57 Å². The standard InChI is InChI=1S/C19H21N5/c1-15-13-23(11-9-17(15)16-5-3-2-4-6-16)18-7-8-19(22-21-18)24-12-10-20-14-24/h2-8,10,12,14-15,17H,9,11,13H2,1H3. The van der Waals surface area contributed by atoms with Gasteiger partial charge in [0.15, 0.2) is 11.6 Å². The predicted molar refractivity (Wildman–Crippen MR) is 94.3 cm³/mol. The Balaban J connectivity index is 1.47. The van der Waals surface area contributed by atoms with Crippen molar-refractivity contribution in [1.29, 1.82) is 0 Å². The van der Waals surface area contributed by atoms with Crippen LogP contribution in [0.4, 0.5) is 5.82 Å². The Morgan fingerprint density at radius 3 is 2.46 bits per heavy atom. The molecule has 24 heavy (non-hydrogen) atoms. The van der Waals surface area contributed by atoms with Crippen molar-refractivity contribution in [2.45, 2.75) is 19.3 Å². The number of hydrogen-bond donors (Lipinski definition) is 0. The topological polar surface area (TPSA) is 46.8 Å². The van der Waals surface area contributed by atoms with E-state index in [1.54, 1.807) is 12.5 Å². The maximum absolute atomic E-state index is 4.42. The van der Waals surface area contributed by atoms with Crippen LogP contribution < -0.4 is 4.90 Å². The van der Waals surface area contributed by atoms with Gasteiger partial charge in [0.2, 0.25) is 0 Å². The van der Waals surface area contributed by atoms with Crippen LogP contribution in [0.1, 0.15) is 24.8 Å². The van der Waals surface area contributed by atoms with E-state index >= 15 is 0 Å². The molecule has 0 amide bonds. The van der Waals surface area contributed by atoms with Gasteiger partial charge in [0, 0.05) is 25.5 Å². The third kappa shape index (κ3) is 2.89. The number of rotatable bonds is 3. The van der Waals surface area contributed by atoms with E-state index in [4.69, 9.17) is 0 Å². The highest BCUT2D eigenvalue weighted by molar-refractivity contribution is 5.41. The van der Waals surface area contributed by atoms with Crippen LogP contribution in [-0.2, 0) is 0 Å². The number of aromatic nitrogens is 4. The van der Waals surface area contributed by atoms with E-state index in [0.29, 0.717) is 11.8 Å². The number of benzene rings is 1. The molecular weight excluding hydrogens is 298 g/mol. The van der Waals surface area contributed by atoms with E-state index in [9.17, 15) is 0 Å². The van der Waals surface area contributed by atoms with E-state index < -0.39 is 0 Å². The van der Waals surface area contributed by atoms with Crippen LogP contribution in [0, 0.1) is 5.92 Å². The quantitative estimate of drug-likeness (QED) is 0.743. The lowest BCUT2D eigenvalue weighted by molar-refractivity contribution is 0.381. The molecular formula is C19H21N5. The highest BCUT2D eigenvalue weighted by Crippen LogP contribution is 2.33. The third-order valence-corrected chi connectivity index (χ3v) is 4.86. The Hall–Kier alpha value is -2.69. The van der Waals surface area contributed by atoms with Gasteiger partial charge in [-0.25, -0.2) is 4.98 Å². The molecule has 5 nitrogen and oxygen atoms in total. The maximum atomic E-state index is 4.42. The van der Waals surface area contributed by atoms with Crippen molar-refractivity contribution < 1.29 is 0 Å². The van der Waals surface area contributed by atoms with Gasteiger partial charge in [-0.1, -0.05) is 37.3 Å². The molecule has 1 aliphatic rings. The fraction of sp³-hybridized carbons (Fsp3) is 0.316. The highest BCUT2D eigenvalue weighted by Gasteiger charge is 2.27. The van der Waals surface area contributed by atoms with Gasteiger partial charge in [-0.2, -0.15) is 0 Å². The smallest absolute Gasteiger partial charge is 0.160 e. The highest BCUT2D eigenvalue weighted by atomic mass is 15.3. The molecule has 1 aliphatic heterocycles. The molecule has 0 spiro atoms. The minimum Gasteiger partial charge on any atom is -0.355 e. The van der Waals surface area contributed by atoms with Gasteiger partial charge in [-0.15, -0.1) is 10.2 Å². The van der Waals surface area contributed by atoms with E-state index in [0.717, 1.165) is 31.1 Å². The van der Waals surface area contributed by atoms with E-state index in [1.165, 1.54) is 5.56 Å². The van der Waals surface area contributed by atoms with E-state index in [2.05, 4.69) is 63.4 Å². The zero-order valence-electron chi connectivity index (χ0n) is 13.8. The molecule has 1 aromatic carbocycles. The average molecular weight is 319 g/mol. The van der Waals surface area contributed by atoms with Crippen LogP contribution >= 0.6 is 0 Å². The molecule has 0 bridgehead atoms. The van der Waals surface area contributed by atoms with Crippen molar-refractivity contribution in [3.05, 3.63) is 66.7 Å². The zero-order chi connectivity index (χ0) is 16.4. The van der Waals surface area contributed by atoms with Crippen molar-refractivity contribution in [3.8, 4) is 5.82 Å². The lowest BCUT2D eigenvalue weighted by Crippen LogP contribution is -2.39. The summed E-state index contributed by atoms with van der Waals surface area (Å²) in [5.74, 6) is 2.97. The van der Waals surface area contributed by atoms with E-state index in [1.807, 2.05) is 16.8 Å². The molecule has 1 fully saturated rings. The zero-order valence-corrected chi connectivity index (χ0v) is 13.8. The summed E-state index contributed by atoms with van der Waals surface area (Å²) in [4.78, 5) is 6.38. The van der Waals surface area contributed by atoms with Crippen LogP contribution in [0.2, 0.25) is 0 Å². The molecule has 0 N–H and O–H groups in total. The molecule has 1 saturated heterocycles. The molecule has 0 aliphatic carbocycles. The van der Waals surface area contributed by atoms with Gasteiger partial charge >= 0.3 is 0 Å². The summed E-state index contributed by atoms with van der Waals surface area (Å²) in [5.41, 5.74) is 1.45. The lowest BCUT2D eigenvalue weighted by Gasteiger charge is -2.37. The largest absolute Gasteiger partial charge is 0.355 e. The minimum atomic E-state index is 0.594. The molecule has 2 aromatic heterocycles.